The first kappa shape index (κ1) is 18.6. The van der Waals surface area contributed by atoms with Crippen molar-refractivity contribution in [3.63, 3.8) is 0 Å². The number of hydrogen-bond donors (Lipinski definition) is 4. The highest BCUT2D eigenvalue weighted by Crippen LogP contribution is 2.34. The lowest BCUT2D eigenvalue weighted by Crippen LogP contribution is -2.38. The summed E-state index contributed by atoms with van der Waals surface area (Å²) in [6, 6.07) is 6.93. The molecule has 1 unspecified atom stereocenters. The summed E-state index contributed by atoms with van der Waals surface area (Å²) in [5, 5.41) is 10.0. The van der Waals surface area contributed by atoms with Gasteiger partial charge in [-0.05, 0) is 49.6 Å². The molecule has 1 fully saturated rings. The highest BCUT2D eigenvalue weighted by atomic mass is 16.3. The molecule has 6 heteroatoms. The molecule has 6 nitrogen and oxygen atoms in total. The number of H-pyrrole nitrogens is 1. The molecule has 0 spiro atoms. The van der Waals surface area contributed by atoms with Crippen LogP contribution in [0.2, 0.25) is 0 Å². The van der Waals surface area contributed by atoms with Crippen LogP contribution in [-0.4, -0.2) is 34.0 Å². The highest BCUT2D eigenvalue weighted by molar-refractivity contribution is 5.87. The highest BCUT2D eigenvalue weighted by Gasteiger charge is 2.27. The van der Waals surface area contributed by atoms with Crippen molar-refractivity contribution in [1.29, 1.82) is 0 Å². The Bertz CT molecular complexity index is 898. The second kappa shape index (κ2) is 7.61. The minimum Gasteiger partial charge on any atom is -0.507 e. The minimum atomic E-state index is -0.0409. The Hall–Kier alpha value is -3.15. The molecular formula is C21H26N4O2. The molecule has 0 bridgehead atoms. The lowest BCUT2D eigenvalue weighted by atomic mass is 9.91. The number of benzene rings is 1. The van der Waals surface area contributed by atoms with Crippen molar-refractivity contribution in [2.75, 3.05) is 18.8 Å². The number of likely N-dealkylation sites (tertiary alicyclic amines) is 1. The maximum absolute atomic E-state index is 12.0. The molecule has 1 atom stereocenters. The number of carbonyl (C=O) groups is 1. The first-order chi connectivity index (χ1) is 12.9. The van der Waals surface area contributed by atoms with Crippen LogP contribution >= 0.6 is 0 Å². The number of nitrogen functional groups attached to an aromatic ring is 1. The predicted molar refractivity (Wildman–Crippen MR) is 109 cm³/mol. The number of amides is 1. The molecule has 2 aromatic rings. The van der Waals surface area contributed by atoms with E-state index < -0.39 is 0 Å². The summed E-state index contributed by atoms with van der Waals surface area (Å²) < 4.78 is 0. The zero-order valence-electron chi connectivity index (χ0n) is 15.5. The fourth-order valence-corrected chi connectivity index (χ4v) is 3.74. The second-order valence-electron chi connectivity index (χ2n) is 6.94. The first-order valence-corrected chi connectivity index (χ1v) is 9.07. The van der Waals surface area contributed by atoms with E-state index in [1.54, 1.807) is 24.3 Å². The van der Waals surface area contributed by atoms with Crippen LogP contribution in [0, 0.1) is 6.92 Å². The Kier molecular flexibility index (Phi) is 5.26. The zero-order valence-corrected chi connectivity index (χ0v) is 15.5. The van der Waals surface area contributed by atoms with Gasteiger partial charge in [-0.1, -0.05) is 18.7 Å². The lowest BCUT2D eigenvalue weighted by Gasteiger charge is -2.32. The van der Waals surface area contributed by atoms with Gasteiger partial charge in [-0.3, -0.25) is 4.79 Å². The number of piperidine rings is 1. The van der Waals surface area contributed by atoms with Gasteiger partial charge >= 0.3 is 0 Å². The molecule has 1 aliphatic heterocycles. The van der Waals surface area contributed by atoms with E-state index in [1.165, 1.54) is 6.08 Å². The Morgan fingerprint density at radius 2 is 2.15 bits per heavy atom. The molecule has 6 N–H and O–H groups in total. The van der Waals surface area contributed by atoms with Gasteiger partial charge in [-0.2, -0.15) is 0 Å². The van der Waals surface area contributed by atoms with E-state index in [0.717, 1.165) is 36.2 Å². The van der Waals surface area contributed by atoms with Crippen molar-refractivity contribution in [2.45, 2.75) is 25.7 Å². The fourth-order valence-electron chi connectivity index (χ4n) is 3.74. The number of hydrogen-bond acceptors (Lipinski definition) is 4. The van der Waals surface area contributed by atoms with Gasteiger partial charge in [0.05, 0.1) is 0 Å². The Morgan fingerprint density at radius 1 is 1.41 bits per heavy atom. The molecule has 0 radical (unpaired) electrons. The average molecular weight is 366 g/mol. The normalized spacial score (nSPS) is 17.7. The summed E-state index contributed by atoms with van der Waals surface area (Å²) in [5.41, 5.74) is 16.3. The zero-order chi connectivity index (χ0) is 19.6. The molecule has 1 amide bonds. The molecule has 1 aromatic heterocycles. The molecule has 27 heavy (non-hydrogen) atoms. The lowest BCUT2D eigenvalue weighted by molar-refractivity contribution is -0.127. The molecule has 1 aliphatic rings. The number of nitrogens with one attached hydrogen (secondary N) is 1. The van der Waals surface area contributed by atoms with Gasteiger partial charge in [0.25, 0.3) is 0 Å². The number of phenolic OH excluding ortho intramolecular Hbond substituents is 1. The Labute approximate surface area is 159 Å². The number of nitrogens with two attached hydrogens (primary N) is 2. The molecular weight excluding hydrogens is 340 g/mol. The van der Waals surface area contributed by atoms with Gasteiger partial charge < -0.3 is 26.5 Å². The van der Waals surface area contributed by atoms with Gasteiger partial charge in [-0.15, -0.1) is 0 Å². The number of para-hydroxylation sites is 1. The number of nitrogens with zero attached hydrogens (tertiary/aromatic N) is 1. The number of anilines is 1. The summed E-state index contributed by atoms with van der Waals surface area (Å²) in [6.45, 7) is 6.97. The summed E-state index contributed by atoms with van der Waals surface area (Å²) in [7, 11) is 0. The molecule has 1 saturated heterocycles. The maximum atomic E-state index is 12.0. The van der Waals surface area contributed by atoms with Crippen LogP contribution in [0.3, 0.4) is 0 Å². The number of aromatic amines is 1. The topological polar surface area (TPSA) is 108 Å². The molecule has 1 aromatic carbocycles. The van der Waals surface area contributed by atoms with Crippen molar-refractivity contribution in [1.82, 2.24) is 9.88 Å². The van der Waals surface area contributed by atoms with Crippen LogP contribution in [0.5, 0.6) is 5.75 Å². The third kappa shape index (κ3) is 3.69. The van der Waals surface area contributed by atoms with Crippen LogP contribution in [0.15, 0.2) is 36.9 Å². The molecule has 0 aliphatic carbocycles. The van der Waals surface area contributed by atoms with E-state index in [2.05, 4.69) is 11.6 Å². The minimum absolute atomic E-state index is 0.0409. The van der Waals surface area contributed by atoms with Gasteiger partial charge in [0.15, 0.2) is 0 Å². The predicted octanol–water partition coefficient (Wildman–Crippen LogP) is 2.96. The first-order valence-electron chi connectivity index (χ1n) is 9.07. The van der Waals surface area contributed by atoms with Crippen LogP contribution in [-0.2, 0) is 4.79 Å². The van der Waals surface area contributed by atoms with Crippen molar-refractivity contribution < 1.29 is 9.90 Å². The average Bonchev–Trinajstić information content (AvgIpc) is 2.96. The summed E-state index contributed by atoms with van der Waals surface area (Å²) in [5.74, 6) is 0.816. The maximum Gasteiger partial charge on any atom is 0.245 e. The monoisotopic (exact) mass is 366 g/mol. The molecule has 2 heterocycles. The van der Waals surface area contributed by atoms with Crippen molar-refractivity contribution >= 4 is 23.5 Å². The Morgan fingerprint density at radius 3 is 2.85 bits per heavy atom. The van der Waals surface area contributed by atoms with Crippen LogP contribution in [0.4, 0.5) is 5.82 Å². The van der Waals surface area contributed by atoms with Gasteiger partial charge in [0, 0.05) is 41.5 Å². The quantitative estimate of drug-likeness (QED) is 0.624. The van der Waals surface area contributed by atoms with Crippen LogP contribution in [0.1, 0.15) is 41.1 Å². The summed E-state index contributed by atoms with van der Waals surface area (Å²) in [4.78, 5) is 17.1. The smallest absolute Gasteiger partial charge is 0.245 e. The SMILES string of the molecule is C=CC(=O)N1CCCC(c2[nH]c(N)c(/C=C(\N)c3ccccc3O)c2C)C1. The van der Waals surface area contributed by atoms with Crippen LogP contribution < -0.4 is 11.5 Å². The molecule has 142 valence electrons. The van der Waals surface area contributed by atoms with E-state index in [4.69, 9.17) is 11.5 Å². The van der Waals surface area contributed by atoms with Gasteiger partial charge in [0.1, 0.15) is 11.6 Å². The van der Waals surface area contributed by atoms with Gasteiger partial charge in [-0.25, -0.2) is 0 Å². The van der Waals surface area contributed by atoms with E-state index >= 15 is 0 Å². The fraction of sp³-hybridized carbons (Fsp3) is 0.286. The van der Waals surface area contributed by atoms with E-state index in [9.17, 15) is 9.90 Å². The number of carbonyl (C=O) groups excluding carboxylic acids is 1. The molecule has 0 saturated carbocycles. The van der Waals surface area contributed by atoms with E-state index in [1.807, 2.05) is 17.9 Å². The van der Waals surface area contributed by atoms with Crippen molar-refractivity contribution in [3.8, 4) is 5.75 Å². The number of aromatic hydroxyl groups is 1. The number of rotatable bonds is 4. The number of phenols is 1. The van der Waals surface area contributed by atoms with Crippen molar-refractivity contribution in [2.24, 2.45) is 5.73 Å². The second-order valence-corrected chi connectivity index (χ2v) is 6.94. The van der Waals surface area contributed by atoms with Gasteiger partial charge in [0.2, 0.25) is 5.91 Å². The number of aromatic nitrogens is 1. The molecule has 3 rings (SSSR count). The third-order valence-corrected chi connectivity index (χ3v) is 5.20. The third-order valence-electron chi connectivity index (χ3n) is 5.20. The van der Waals surface area contributed by atoms with E-state index in [-0.39, 0.29) is 17.6 Å². The summed E-state index contributed by atoms with van der Waals surface area (Å²) in [6.07, 6.45) is 5.07. The van der Waals surface area contributed by atoms with E-state index in [0.29, 0.717) is 23.6 Å². The largest absolute Gasteiger partial charge is 0.507 e. The van der Waals surface area contributed by atoms with Crippen molar-refractivity contribution in [3.05, 3.63) is 59.3 Å². The Balaban J connectivity index is 1.91. The summed E-state index contributed by atoms with van der Waals surface area (Å²) >= 11 is 0. The standard InChI is InChI=1S/C21H26N4O2/c1-3-19(27)25-10-6-7-14(12-25)20-13(2)16(21(23)24-20)11-17(22)15-8-4-5-9-18(15)26/h3-5,8-9,11,14,24,26H,1,6-7,10,12,22-23H2,2H3/b17-11-. The van der Waals surface area contributed by atoms with Crippen LogP contribution in [0.25, 0.3) is 11.8 Å².